The number of para-hydroxylation sites is 1. The second-order valence-electron chi connectivity index (χ2n) is 3.07. The number of nitrogens with zero attached hydrogens (tertiary/aromatic N) is 2. The van der Waals surface area contributed by atoms with Crippen LogP contribution in [0.15, 0.2) is 29.4 Å². The van der Waals surface area contributed by atoms with Gasteiger partial charge < -0.3 is 0 Å². The van der Waals surface area contributed by atoms with E-state index in [-0.39, 0.29) is 0 Å². The van der Waals surface area contributed by atoms with Crippen LogP contribution in [0.1, 0.15) is 0 Å². The van der Waals surface area contributed by atoms with Crippen LogP contribution in [0, 0.1) is 0 Å². The Kier molecular flexibility index (Phi) is 3.93. The lowest BCUT2D eigenvalue weighted by molar-refractivity contribution is -0.210. The summed E-state index contributed by atoms with van der Waals surface area (Å²) < 4.78 is 28.1. The summed E-state index contributed by atoms with van der Waals surface area (Å²) in [5.41, 5.74) is 8.17. The van der Waals surface area contributed by atoms with Crippen LogP contribution in [0.5, 0.6) is 0 Å². The molecule has 0 aliphatic heterocycles. The first-order valence-electron chi connectivity index (χ1n) is 4.34. The summed E-state index contributed by atoms with van der Waals surface area (Å²) in [4.78, 5) is 0. The minimum Gasteiger partial charge on any atom is -0.246 e. The Morgan fingerprint density at radius 2 is 2.00 bits per heavy atom. The van der Waals surface area contributed by atoms with E-state index in [0.717, 1.165) is 4.31 Å². The molecule has 1 aromatic rings. The number of anilines is 1. The predicted molar refractivity (Wildman–Crippen MR) is 57.8 cm³/mol. The van der Waals surface area contributed by atoms with Crippen LogP contribution in [0.3, 0.4) is 0 Å². The molecular formula is C8H13N4O3S+. The molecule has 7 nitrogen and oxygen atoms in total. The Morgan fingerprint density at radius 3 is 2.56 bits per heavy atom. The van der Waals surface area contributed by atoms with E-state index in [4.69, 9.17) is 5.53 Å². The summed E-state index contributed by atoms with van der Waals surface area (Å²) in [6.45, 7) is 0. The summed E-state index contributed by atoms with van der Waals surface area (Å²) in [7, 11) is -1.07. The maximum absolute atomic E-state index is 11.3. The van der Waals surface area contributed by atoms with Crippen molar-refractivity contribution in [1.29, 1.82) is 0 Å². The van der Waals surface area contributed by atoms with Gasteiger partial charge in [-0.2, -0.15) is 18.3 Å². The van der Waals surface area contributed by atoms with Crippen LogP contribution < -0.4 is 11.0 Å². The number of nitrogens with one attached hydrogen (secondary N) is 1. The third kappa shape index (κ3) is 2.99. The number of nitrogens with two attached hydrogens (primary N) is 1. The number of hydrogen-bond acceptors (Lipinski definition) is 5. The smallest absolute Gasteiger partial charge is 0.246 e. The first kappa shape index (κ1) is 12.6. The normalized spacial score (nSPS) is 11.4. The van der Waals surface area contributed by atoms with Gasteiger partial charge in [0.2, 0.25) is 0 Å². The third-order valence-corrected chi connectivity index (χ3v) is 2.94. The van der Waals surface area contributed by atoms with Crippen molar-refractivity contribution in [2.24, 2.45) is 5.11 Å². The Balaban J connectivity index is 2.79. The lowest BCUT2D eigenvalue weighted by Crippen LogP contribution is -2.27. The van der Waals surface area contributed by atoms with Gasteiger partial charge in [0, 0.05) is 14.1 Å². The average Bonchev–Trinajstić information content (AvgIpc) is 2.26. The molecule has 0 heterocycles. The summed E-state index contributed by atoms with van der Waals surface area (Å²) >= 11 is 0. The van der Waals surface area contributed by atoms with Crippen LogP contribution >= 0.6 is 0 Å². The molecule has 0 saturated carbocycles. The van der Waals surface area contributed by atoms with Crippen LogP contribution in [-0.2, 0) is 14.6 Å². The molecule has 0 unspecified atom stereocenters. The maximum Gasteiger partial charge on any atom is 0.358 e. The minimum absolute atomic E-state index is 0.371. The average molecular weight is 245 g/mol. The molecule has 16 heavy (non-hydrogen) atoms. The van der Waals surface area contributed by atoms with Crippen molar-refractivity contribution in [2.75, 3.05) is 19.6 Å². The van der Waals surface area contributed by atoms with E-state index in [0.29, 0.717) is 11.4 Å². The first-order valence-corrected chi connectivity index (χ1v) is 5.71. The summed E-state index contributed by atoms with van der Waals surface area (Å²) in [5, 5.41) is 3.47. The van der Waals surface area contributed by atoms with E-state index in [1.807, 2.05) is 0 Å². The molecule has 0 aromatic heterocycles. The zero-order chi connectivity index (χ0) is 12.2. The van der Waals surface area contributed by atoms with E-state index < -0.39 is 10.3 Å². The van der Waals surface area contributed by atoms with Crippen LogP contribution in [0.2, 0.25) is 0 Å². The van der Waals surface area contributed by atoms with Gasteiger partial charge in [-0.1, -0.05) is 12.1 Å². The summed E-state index contributed by atoms with van der Waals surface area (Å²) in [6, 6.07) is 6.63. The number of hydrogen-bond donors (Lipinski definition) is 2. The molecule has 3 N–H and O–H groups in total. The van der Waals surface area contributed by atoms with E-state index in [9.17, 15) is 8.42 Å². The Labute approximate surface area is 93.7 Å². The molecule has 1 rings (SSSR count). The maximum atomic E-state index is 11.3. The lowest BCUT2D eigenvalue weighted by Gasteiger charge is -2.12. The molecular weight excluding hydrogens is 232 g/mol. The van der Waals surface area contributed by atoms with Crippen molar-refractivity contribution in [3.63, 3.8) is 0 Å². The van der Waals surface area contributed by atoms with Crippen molar-refractivity contribution in [3.8, 4) is 0 Å². The zero-order valence-electron chi connectivity index (χ0n) is 8.91. The zero-order valence-corrected chi connectivity index (χ0v) is 9.73. The molecule has 0 spiro atoms. The number of benzene rings is 1. The van der Waals surface area contributed by atoms with E-state index in [1.54, 1.807) is 24.3 Å². The molecule has 88 valence electrons. The fraction of sp³-hybridized carbons (Fsp3) is 0.250. The second kappa shape index (κ2) is 5.01. The minimum atomic E-state index is -3.78. The highest BCUT2D eigenvalue weighted by Gasteiger charge is 2.15. The SMILES string of the molecule is CN(C)S(=O)(=O)ONc1ccccc1N=[NH2+]. The van der Waals surface area contributed by atoms with Gasteiger partial charge in [-0.25, -0.2) is 5.48 Å². The van der Waals surface area contributed by atoms with Gasteiger partial charge in [-0.05, 0) is 17.2 Å². The number of rotatable bonds is 5. The fourth-order valence-electron chi connectivity index (χ4n) is 0.845. The van der Waals surface area contributed by atoms with Gasteiger partial charge in [-0.3, -0.25) is 0 Å². The predicted octanol–water partition coefficient (Wildman–Crippen LogP) is -0.321. The van der Waals surface area contributed by atoms with Crippen molar-refractivity contribution < 1.29 is 18.2 Å². The van der Waals surface area contributed by atoms with Gasteiger partial charge >= 0.3 is 10.3 Å². The molecule has 0 aliphatic rings. The first-order chi connectivity index (χ1) is 7.47. The molecule has 0 saturated heterocycles. The molecule has 0 radical (unpaired) electrons. The highest BCUT2D eigenvalue weighted by molar-refractivity contribution is 7.84. The standard InChI is InChI=1S/C8H12N4O3S/c1-12(2)16(13,14)15-11-8-6-4-3-5-7(8)10-9/h3-6,9,11H,1-2H3/p+1. The lowest BCUT2D eigenvalue weighted by atomic mass is 10.3. The Morgan fingerprint density at radius 1 is 1.38 bits per heavy atom. The highest BCUT2D eigenvalue weighted by Crippen LogP contribution is 2.23. The third-order valence-electron chi connectivity index (χ3n) is 1.75. The quantitative estimate of drug-likeness (QED) is 0.549. The molecule has 0 fully saturated rings. The largest absolute Gasteiger partial charge is 0.358 e. The Bertz CT molecular complexity index is 472. The van der Waals surface area contributed by atoms with Crippen molar-refractivity contribution in [2.45, 2.75) is 0 Å². The van der Waals surface area contributed by atoms with Crippen LogP contribution in [-0.4, -0.2) is 26.8 Å². The highest BCUT2D eigenvalue weighted by atomic mass is 32.2. The monoisotopic (exact) mass is 245 g/mol. The molecule has 0 amide bonds. The molecule has 0 atom stereocenters. The van der Waals surface area contributed by atoms with Crippen LogP contribution in [0.25, 0.3) is 0 Å². The van der Waals surface area contributed by atoms with Gasteiger partial charge in [0.05, 0.1) is 5.69 Å². The van der Waals surface area contributed by atoms with E-state index in [2.05, 4.69) is 14.9 Å². The van der Waals surface area contributed by atoms with E-state index >= 15 is 0 Å². The van der Waals surface area contributed by atoms with Gasteiger partial charge in [0.15, 0.2) is 5.69 Å². The van der Waals surface area contributed by atoms with Crippen molar-refractivity contribution in [3.05, 3.63) is 24.3 Å². The van der Waals surface area contributed by atoms with Gasteiger partial charge in [0.25, 0.3) is 0 Å². The summed E-state index contributed by atoms with van der Waals surface area (Å²) in [5.74, 6) is 0. The molecule has 1 aromatic carbocycles. The molecule has 0 bridgehead atoms. The van der Waals surface area contributed by atoms with Crippen molar-refractivity contribution >= 4 is 21.7 Å². The Hall–Kier alpha value is -1.51. The van der Waals surface area contributed by atoms with Crippen molar-refractivity contribution in [1.82, 2.24) is 4.31 Å². The van der Waals surface area contributed by atoms with Crippen LogP contribution in [0.4, 0.5) is 11.4 Å². The fourth-order valence-corrected chi connectivity index (χ4v) is 1.19. The summed E-state index contributed by atoms with van der Waals surface area (Å²) in [6.07, 6.45) is 0. The topological polar surface area (TPSA) is 96.6 Å². The molecule has 0 aliphatic carbocycles. The second-order valence-corrected chi connectivity index (χ2v) is 4.82. The van der Waals surface area contributed by atoms with E-state index in [1.165, 1.54) is 14.1 Å². The van der Waals surface area contributed by atoms with Gasteiger partial charge in [-0.15, -0.1) is 4.28 Å². The van der Waals surface area contributed by atoms with Gasteiger partial charge in [0.1, 0.15) is 0 Å². The molecule has 8 heteroatoms.